The maximum absolute atomic E-state index is 6.10. The molecule has 6 heteroatoms. The zero-order valence-corrected chi connectivity index (χ0v) is 14.0. The number of rotatable bonds is 3. The van der Waals surface area contributed by atoms with E-state index in [4.69, 9.17) is 4.74 Å². The minimum Gasteiger partial charge on any atom is -0.375 e. The summed E-state index contributed by atoms with van der Waals surface area (Å²) in [6, 6.07) is 4.73. The van der Waals surface area contributed by atoms with Gasteiger partial charge in [0.05, 0.1) is 12.7 Å². The monoisotopic (exact) mass is 330 g/mol. The largest absolute Gasteiger partial charge is 0.375 e. The SMILES string of the molecule is c1cc(CN2CCOC3CCN(c4nccs4)CCC32)ccn1. The van der Waals surface area contributed by atoms with Gasteiger partial charge >= 0.3 is 0 Å². The van der Waals surface area contributed by atoms with E-state index in [0.717, 1.165) is 50.8 Å². The molecule has 0 aromatic carbocycles. The number of morpholine rings is 1. The highest BCUT2D eigenvalue weighted by Crippen LogP contribution is 2.28. The molecule has 0 amide bonds. The number of pyridine rings is 1. The lowest BCUT2D eigenvalue weighted by Crippen LogP contribution is -2.50. The third-order valence-corrected chi connectivity index (χ3v) is 5.64. The molecule has 23 heavy (non-hydrogen) atoms. The van der Waals surface area contributed by atoms with Crippen LogP contribution in [0.3, 0.4) is 0 Å². The first kappa shape index (κ1) is 15.1. The summed E-state index contributed by atoms with van der Waals surface area (Å²) in [5, 5.41) is 3.20. The Kier molecular flexibility index (Phi) is 4.55. The van der Waals surface area contributed by atoms with Crippen molar-refractivity contribution < 1.29 is 4.74 Å². The van der Waals surface area contributed by atoms with Crippen LogP contribution in [0.2, 0.25) is 0 Å². The average Bonchev–Trinajstić information content (AvgIpc) is 3.03. The van der Waals surface area contributed by atoms with Gasteiger partial charge in [-0.15, -0.1) is 11.3 Å². The van der Waals surface area contributed by atoms with Gasteiger partial charge in [0.25, 0.3) is 0 Å². The summed E-state index contributed by atoms with van der Waals surface area (Å²) in [6.07, 6.45) is 8.21. The van der Waals surface area contributed by atoms with Gasteiger partial charge in [-0.2, -0.15) is 0 Å². The van der Waals surface area contributed by atoms with Gasteiger partial charge in [-0.25, -0.2) is 4.98 Å². The Hall–Kier alpha value is -1.50. The van der Waals surface area contributed by atoms with E-state index in [2.05, 4.69) is 37.3 Å². The standard InChI is InChI=1S/C17H22N4OS/c1-5-18-6-2-14(1)13-21-10-11-22-16-4-9-20(8-3-15(16)21)17-19-7-12-23-17/h1-2,5-7,12,15-16H,3-4,8-11,13H2. The van der Waals surface area contributed by atoms with Crippen LogP contribution >= 0.6 is 11.3 Å². The van der Waals surface area contributed by atoms with E-state index in [0.29, 0.717) is 12.1 Å². The Morgan fingerprint density at radius 1 is 1.13 bits per heavy atom. The second-order valence-corrected chi connectivity index (χ2v) is 7.05. The van der Waals surface area contributed by atoms with Crippen LogP contribution in [0.5, 0.6) is 0 Å². The maximum atomic E-state index is 6.10. The van der Waals surface area contributed by atoms with Crippen LogP contribution in [0.4, 0.5) is 5.13 Å². The van der Waals surface area contributed by atoms with E-state index in [1.54, 1.807) is 11.3 Å². The van der Waals surface area contributed by atoms with Crippen molar-refractivity contribution in [2.24, 2.45) is 0 Å². The van der Waals surface area contributed by atoms with Crippen molar-refractivity contribution in [2.45, 2.75) is 31.5 Å². The minimum atomic E-state index is 0.343. The van der Waals surface area contributed by atoms with Crippen LogP contribution in [-0.4, -0.2) is 53.3 Å². The summed E-state index contributed by atoms with van der Waals surface area (Å²) in [5.74, 6) is 0. The molecule has 0 aliphatic carbocycles. The fraction of sp³-hybridized carbons (Fsp3) is 0.529. The summed E-state index contributed by atoms with van der Waals surface area (Å²) < 4.78 is 6.10. The highest BCUT2D eigenvalue weighted by molar-refractivity contribution is 7.13. The van der Waals surface area contributed by atoms with Crippen LogP contribution in [0.25, 0.3) is 0 Å². The van der Waals surface area contributed by atoms with E-state index in [1.165, 1.54) is 5.56 Å². The van der Waals surface area contributed by atoms with Crippen molar-refractivity contribution in [1.82, 2.24) is 14.9 Å². The zero-order valence-electron chi connectivity index (χ0n) is 13.2. The van der Waals surface area contributed by atoms with Crippen LogP contribution in [0.1, 0.15) is 18.4 Å². The molecule has 0 bridgehead atoms. The molecule has 2 aliphatic heterocycles. The fourth-order valence-electron chi connectivity index (χ4n) is 3.64. The Labute approximate surface area is 140 Å². The first-order chi connectivity index (χ1) is 11.4. The van der Waals surface area contributed by atoms with Crippen molar-refractivity contribution in [3.05, 3.63) is 41.7 Å². The van der Waals surface area contributed by atoms with E-state index in [1.807, 2.05) is 18.6 Å². The van der Waals surface area contributed by atoms with E-state index in [9.17, 15) is 0 Å². The molecule has 0 spiro atoms. The first-order valence-electron chi connectivity index (χ1n) is 8.29. The molecule has 2 fully saturated rings. The molecule has 4 rings (SSSR count). The lowest BCUT2D eigenvalue weighted by Gasteiger charge is -2.40. The quantitative estimate of drug-likeness (QED) is 0.864. The minimum absolute atomic E-state index is 0.343. The maximum Gasteiger partial charge on any atom is 0.185 e. The molecule has 2 unspecified atom stereocenters. The molecule has 0 saturated carbocycles. The molecule has 2 atom stereocenters. The summed E-state index contributed by atoms with van der Waals surface area (Å²) in [5.41, 5.74) is 1.33. The van der Waals surface area contributed by atoms with Gasteiger partial charge in [-0.3, -0.25) is 9.88 Å². The number of fused-ring (bicyclic) bond motifs is 1. The Morgan fingerprint density at radius 3 is 2.83 bits per heavy atom. The number of hydrogen-bond acceptors (Lipinski definition) is 6. The topological polar surface area (TPSA) is 41.5 Å². The average molecular weight is 330 g/mol. The van der Waals surface area contributed by atoms with E-state index < -0.39 is 0 Å². The van der Waals surface area contributed by atoms with E-state index >= 15 is 0 Å². The van der Waals surface area contributed by atoms with Gasteiger partial charge in [0.2, 0.25) is 0 Å². The van der Waals surface area contributed by atoms with Crippen LogP contribution in [0.15, 0.2) is 36.1 Å². The van der Waals surface area contributed by atoms with Crippen LogP contribution in [0, 0.1) is 0 Å². The molecule has 4 heterocycles. The van der Waals surface area contributed by atoms with Crippen LogP contribution in [-0.2, 0) is 11.3 Å². The highest BCUT2D eigenvalue weighted by Gasteiger charge is 2.35. The van der Waals surface area contributed by atoms with Crippen molar-refractivity contribution in [3.8, 4) is 0 Å². The lowest BCUT2D eigenvalue weighted by molar-refractivity contribution is -0.0746. The molecular weight excluding hydrogens is 308 g/mol. The molecule has 5 nitrogen and oxygen atoms in total. The number of nitrogens with zero attached hydrogens (tertiary/aromatic N) is 4. The molecule has 2 aliphatic rings. The third-order valence-electron chi connectivity index (χ3n) is 4.81. The van der Waals surface area contributed by atoms with Crippen molar-refractivity contribution >= 4 is 16.5 Å². The summed E-state index contributed by atoms with van der Waals surface area (Å²) in [7, 11) is 0. The molecule has 0 radical (unpaired) electrons. The van der Waals surface area contributed by atoms with Crippen LogP contribution < -0.4 is 4.90 Å². The fourth-order valence-corrected chi connectivity index (χ4v) is 4.34. The predicted molar refractivity (Wildman–Crippen MR) is 91.7 cm³/mol. The van der Waals surface area contributed by atoms with Gasteiger partial charge in [0.1, 0.15) is 0 Å². The smallest absolute Gasteiger partial charge is 0.185 e. The number of anilines is 1. The van der Waals surface area contributed by atoms with Crippen molar-refractivity contribution in [3.63, 3.8) is 0 Å². The van der Waals surface area contributed by atoms with Crippen molar-refractivity contribution in [1.29, 1.82) is 0 Å². The lowest BCUT2D eigenvalue weighted by atomic mass is 10.0. The van der Waals surface area contributed by atoms with Gasteiger partial charge in [0, 0.05) is 56.2 Å². The number of thiazole rings is 1. The number of ether oxygens (including phenoxy) is 1. The second kappa shape index (κ2) is 6.95. The van der Waals surface area contributed by atoms with Gasteiger partial charge in [0.15, 0.2) is 5.13 Å². The normalized spacial score (nSPS) is 25.8. The molecule has 2 aromatic rings. The molecular formula is C17H22N4OS. The van der Waals surface area contributed by atoms with Gasteiger partial charge in [-0.05, 0) is 30.5 Å². The third kappa shape index (κ3) is 3.39. The van der Waals surface area contributed by atoms with Gasteiger partial charge in [-0.1, -0.05) is 0 Å². The summed E-state index contributed by atoms with van der Waals surface area (Å²) >= 11 is 1.73. The Balaban J connectivity index is 1.46. The van der Waals surface area contributed by atoms with Crippen molar-refractivity contribution in [2.75, 3.05) is 31.1 Å². The second-order valence-electron chi connectivity index (χ2n) is 6.18. The zero-order chi connectivity index (χ0) is 15.5. The summed E-state index contributed by atoms with van der Waals surface area (Å²) in [6.45, 7) is 4.94. The number of aromatic nitrogens is 2. The summed E-state index contributed by atoms with van der Waals surface area (Å²) in [4.78, 5) is 13.6. The first-order valence-corrected chi connectivity index (χ1v) is 9.17. The molecule has 122 valence electrons. The molecule has 2 saturated heterocycles. The van der Waals surface area contributed by atoms with Gasteiger partial charge < -0.3 is 9.64 Å². The molecule has 0 N–H and O–H groups in total. The predicted octanol–water partition coefficient (Wildman–Crippen LogP) is 2.41. The molecule has 2 aromatic heterocycles. The Bertz CT molecular complexity index is 606. The Morgan fingerprint density at radius 2 is 2.00 bits per heavy atom. The highest BCUT2D eigenvalue weighted by atomic mass is 32.1. The van der Waals surface area contributed by atoms with E-state index in [-0.39, 0.29) is 0 Å². The number of hydrogen-bond donors (Lipinski definition) is 0.